The van der Waals surface area contributed by atoms with Crippen LogP contribution < -0.4 is 5.32 Å². The van der Waals surface area contributed by atoms with Crippen molar-refractivity contribution in [1.29, 1.82) is 0 Å². The molecule has 0 aliphatic carbocycles. The Hall–Kier alpha value is -0.110. The molecule has 2 unspecified atom stereocenters. The minimum absolute atomic E-state index is 0.0331. The summed E-state index contributed by atoms with van der Waals surface area (Å²) < 4.78 is 13.2. The lowest BCUT2D eigenvalue weighted by molar-refractivity contribution is 0.187. The van der Waals surface area contributed by atoms with E-state index in [4.69, 9.17) is 0 Å². The number of rotatable bonds is 3. The van der Waals surface area contributed by atoms with E-state index in [-0.39, 0.29) is 11.5 Å². The molecule has 0 radical (unpaired) electrons. The van der Waals surface area contributed by atoms with Crippen LogP contribution in [0, 0.1) is 5.41 Å². The van der Waals surface area contributed by atoms with E-state index in [1.165, 1.54) is 0 Å². The Morgan fingerprint density at radius 2 is 1.82 bits per heavy atom. The summed E-state index contributed by atoms with van der Waals surface area (Å²) in [4.78, 5) is 0. The van der Waals surface area contributed by atoms with Crippen molar-refractivity contribution >= 4 is 0 Å². The third kappa shape index (κ3) is 5.19. The Morgan fingerprint density at radius 3 is 2.09 bits per heavy atom. The van der Waals surface area contributed by atoms with Crippen molar-refractivity contribution in [3.05, 3.63) is 0 Å². The molecule has 0 spiro atoms. The third-order valence-corrected chi connectivity index (χ3v) is 1.81. The van der Waals surface area contributed by atoms with Crippen LogP contribution in [-0.4, -0.2) is 19.3 Å². The summed E-state index contributed by atoms with van der Waals surface area (Å²) in [6.07, 6.45) is -0.116. The van der Waals surface area contributed by atoms with Crippen LogP contribution in [0.4, 0.5) is 4.39 Å². The predicted molar refractivity (Wildman–Crippen MR) is 47.5 cm³/mol. The van der Waals surface area contributed by atoms with Crippen LogP contribution >= 0.6 is 0 Å². The molecule has 68 valence electrons. The lowest BCUT2D eigenvalue weighted by Gasteiger charge is -2.24. The van der Waals surface area contributed by atoms with Gasteiger partial charge >= 0.3 is 0 Å². The smallest absolute Gasteiger partial charge is 0.116 e. The molecule has 1 nitrogen and oxygen atoms in total. The molecule has 1 N–H and O–H groups in total. The normalized spacial score (nSPS) is 18.0. The van der Waals surface area contributed by atoms with E-state index in [1.807, 2.05) is 6.92 Å². The second-order valence-electron chi connectivity index (χ2n) is 4.36. The molecule has 0 aliphatic rings. The van der Waals surface area contributed by atoms with Gasteiger partial charge in [0, 0.05) is 6.04 Å². The highest BCUT2D eigenvalue weighted by Gasteiger charge is 2.21. The van der Waals surface area contributed by atoms with E-state index >= 15 is 0 Å². The molecule has 11 heavy (non-hydrogen) atoms. The minimum Gasteiger partial charge on any atom is -0.314 e. The Balaban J connectivity index is 3.77. The van der Waals surface area contributed by atoms with Gasteiger partial charge in [0.25, 0.3) is 0 Å². The highest BCUT2D eigenvalue weighted by atomic mass is 19.1. The fourth-order valence-corrected chi connectivity index (χ4v) is 0.943. The zero-order valence-corrected chi connectivity index (χ0v) is 8.24. The van der Waals surface area contributed by atoms with E-state index < -0.39 is 6.17 Å². The van der Waals surface area contributed by atoms with Gasteiger partial charge in [-0.3, -0.25) is 0 Å². The monoisotopic (exact) mass is 161 g/mol. The minimum atomic E-state index is -0.736. The quantitative estimate of drug-likeness (QED) is 0.670. The largest absolute Gasteiger partial charge is 0.314 e. The molecular formula is C9H20FN. The molecule has 0 amide bonds. The van der Waals surface area contributed by atoms with Crippen LogP contribution in [0.15, 0.2) is 0 Å². The molecule has 0 saturated heterocycles. The van der Waals surface area contributed by atoms with Gasteiger partial charge in [-0.05, 0) is 25.8 Å². The Labute approximate surface area is 69.4 Å². The second kappa shape index (κ2) is 4.05. The molecule has 0 fully saturated rings. The molecule has 2 heteroatoms. The highest BCUT2D eigenvalue weighted by Crippen LogP contribution is 2.23. The van der Waals surface area contributed by atoms with Crippen LogP contribution in [0.2, 0.25) is 0 Å². The van der Waals surface area contributed by atoms with Gasteiger partial charge in [-0.2, -0.15) is 0 Å². The summed E-state index contributed by atoms with van der Waals surface area (Å²) in [5.74, 6) is 0. The third-order valence-electron chi connectivity index (χ3n) is 1.81. The first-order valence-corrected chi connectivity index (χ1v) is 4.18. The first-order valence-electron chi connectivity index (χ1n) is 4.18. The van der Waals surface area contributed by atoms with E-state index in [1.54, 1.807) is 7.05 Å². The second-order valence-corrected chi connectivity index (χ2v) is 4.36. The lowest BCUT2D eigenvalue weighted by Crippen LogP contribution is -2.34. The van der Waals surface area contributed by atoms with E-state index in [2.05, 4.69) is 26.1 Å². The van der Waals surface area contributed by atoms with Crippen LogP contribution in [0.3, 0.4) is 0 Å². The zero-order valence-electron chi connectivity index (χ0n) is 8.24. The van der Waals surface area contributed by atoms with Crippen LogP contribution in [0.25, 0.3) is 0 Å². The van der Waals surface area contributed by atoms with Gasteiger partial charge in [-0.25, -0.2) is 4.39 Å². The fraction of sp³-hybridized carbons (Fsp3) is 1.00. The van der Waals surface area contributed by atoms with Gasteiger partial charge in [0.15, 0.2) is 0 Å². The van der Waals surface area contributed by atoms with E-state index in [9.17, 15) is 4.39 Å². The highest BCUT2D eigenvalue weighted by molar-refractivity contribution is 4.75. The number of halogens is 1. The van der Waals surface area contributed by atoms with Crippen molar-refractivity contribution < 1.29 is 4.39 Å². The summed E-state index contributed by atoms with van der Waals surface area (Å²) in [5, 5.41) is 2.91. The summed E-state index contributed by atoms with van der Waals surface area (Å²) in [6.45, 7) is 8.04. The number of hydrogen-bond donors (Lipinski definition) is 1. The first kappa shape index (κ1) is 10.9. The average molecular weight is 161 g/mol. The van der Waals surface area contributed by atoms with Crippen molar-refractivity contribution in [2.75, 3.05) is 7.05 Å². The molecular weight excluding hydrogens is 141 g/mol. The van der Waals surface area contributed by atoms with Crippen LogP contribution in [-0.2, 0) is 0 Å². The maximum Gasteiger partial charge on any atom is 0.116 e. The maximum atomic E-state index is 13.2. The van der Waals surface area contributed by atoms with E-state index in [0.29, 0.717) is 6.42 Å². The predicted octanol–water partition coefficient (Wildman–Crippen LogP) is 2.37. The summed E-state index contributed by atoms with van der Waals surface area (Å²) >= 11 is 0. The molecule has 0 saturated carbocycles. The van der Waals surface area contributed by atoms with Gasteiger partial charge in [0.05, 0.1) is 0 Å². The molecule has 2 atom stereocenters. The van der Waals surface area contributed by atoms with Crippen molar-refractivity contribution in [2.45, 2.75) is 46.3 Å². The van der Waals surface area contributed by atoms with Crippen LogP contribution in [0.1, 0.15) is 34.1 Å². The van der Waals surface area contributed by atoms with Gasteiger partial charge in [0.1, 0.15) is 6.17 Å². The molecule has 0 aromatic carbocycles. The van der Waals surface area contributed by atoms with Crippen molar-refractivity contribution in [2.24, 2.45) is 5.41 Å². The number of alkyl halides is 1. The zero-order chi connectivity index (χ0) is 9.07. The molecule has 0 aliphatic heterocycles. The summed E-state index contributed by atoms with van der Waals surface area (Å²) in [5.41, 5.74) is 0.0878. The summed E-state index contributed by atoms with van der Waals surface area (Å²) in [6, 6.07) is -0.0331. The Morgan fingerprint density at radius 1 is 1.36 bits per heavy atom. The maximum absolute atomic E-state index is 13.2. The van der Waals surface area contributed by atoms with Crippen molar-refractivity contribution in [1.82, 2.24) is 5.32 Å². The van der Waals surface area contributed by atoms with Crippen molar-refractivity contribution in [3.63, 3.8) is 0 Å². The van der Waals surface area contributed by atoms with Gasteiger partial charge < -0.3 is 5.32 Å². The van der Waals surface area contributed by atoms with E-state index in [0.717, 1.165) is 0 Å². The SMILES string of the molecule is CNC(C)C(F)CC(C)(C)C. The van der Waals surface area contributed by atoms with Crippen molar-refractivity contribution in [3.8, 4) is 0 Å². The van der Waals surface area contributed by atoms with Gasteiger partial charge in [0.2, 0.25) is 0 Å². The Bertz CT molecular complexity index is 107. The molecule has 0 aromatic heterocycles. The fourth-order valence-electron chi connectivity index (χ4n) is 0.943. The average Bonchev–Trinajstić information content (AvgIpc) is 1.82. The molecule has 0 aromatic rings. The molecule has 0 rings (SSSR count). The topological polar surface area (TPSA) is 12.0 Å². The number of nitrogens with one attached hydrogen (secondary N) is 1. The standard InChI is InChI=1S/C9H20FN/c1-7(11-5)8(10)6-9(2,3)4/h7-8,11H,6H2,1-5H3. The van der Waals surface area contributed by atoms with Gasteiger partial charge in [-0.15, -0.1) is 0 Å². The number of hydrogen-bond acceptors (Lipinski definition) is 1. The lowest BCUT2D eigenvalue weighted by atomic mass is 9.88. The van der Waals surface area contributed by atoms with Gasteiger partial charge in [-0.1, -0.05) is 20.8 Å². The van der Waals surface area contributed by atoms with Crippen LogP contribution in [0.5, 0.6) is 0 Å². The summed E-state index contributed by atoms with van der Waals surface area (Å²) in [7, 11) is 1.79. The molecule has 0 heterocycles. The first-order chi connectivity index (χ1) is 4.87. The Kier molecular flexibility index (Phi) is 4.01. The molecule has 0 bridgehead atoms.